The number of rotatable bonds is 4. The molecule has 0 aliphatic carbocycles. The number of Topliss-reactive ketones (excluding diaryl/α,β-unsaturated/α-hetero) is 1. The van der Waals surface area contributed by atoms with Crippen LogP contribution < -0.4 is 9.64 Å². The predicted octanol–water partition coefficient (Wildman–Crippen LogP) is 5.76. The Morgan fingerprint density at radius 2 is 1.76 bits per heavy atom. The Hall–Kier alpha value is -4.03. The number of aromatic amines is 1. The number of hydrogen-bond acceptors (Lipinski definition) is 4. The molecule has 1 aromatic heterocycles. The lowest BCUT2D eigenvalue weighted by Gasteiger charge is -2.26. The molecule has 34 heavy (non-hydrogen) atoms. The van der Waals surface area contributed by atoms with Gasteiger partial charge in [-0.05, 0) is 49.4 Å². The van der Waals surface area contributed by atoms with Crippen LogP contribution in [0.4, 0.5) is 5.69 Å². The van der Waals surface area contributed by atoms with E-state index in [9.17, 15) is 14.7 Å². The van der Waals surface area contributed by atoms with Crippen LogP contribution in [0, 0.1) is 6.92 Å². The average molecular weight is 473 g/mol. The van der Waals surface area contributed by atoms with Crippen LogP contribution in [-0.2, 0) is 9.59 Å². The Balaban J connectivity index is 1.81. The molecule has 170 valence electrons. The topological polar surface area (TPSA) is 82.6 Å². The van der Waals surface area contributed by atoms with E-state index in [1.807, 2.05) is 31.2 Å². The smallest absolute Gasteiger partial charge is 0.300 e. The van der Waals surface area contributed by atoms with E-state index in [4.69, 9.17) is 16.3 Å². The van der Waals surface area contributed by atoms with Crippen molar-refractivity contribution in [3.63, 3.8) is 0 Å². The minimum Gasteiger partial charge on any atom is -0.507 e. The highest BCUT2D eigenvalue weighted by Gasteiger charge is 2.48. The number of nitrogens with zero attached hydrogens (tertiary/aromatic N) is 1. The summed E-state index contributed by atoms with van der Waals surface area (Å²) in [4.78, 5) is 31.6. The first-order valence-electron chi connectivity index (χ1n) is 10.7. The number of ether oxygens (including phenoxy) is 1. The van der Waals surface area contributed by atoms with Gasteiger partial charge < -0.3 is 14.8 Å². The number of ketones is 1. The van der Waals surface area contributed by atoms with Gasteiger partial charge in [0, 0.05) is 44.5 Å². The number of para-hydroxylation sites is 1. The number of carbonyl (C=O) groups excluding carboxylic acids is 2. The monoisotopic (exact) mass is 472 g/mol. The number of anilines is 1. The van der Waals surface area contributed by atoms with E-state index in [-0.39, 0.29) is 11.3 Å². The second-order valence-corrected chi connectivity index (χ2v) is 8.52. The second-order valence-electron chi connectivity index (χ2n) is 8.09. The van der Waals surface area contributed by atoms with Crippen LogP contribution in [0.25, 0.3) is 16.7 Å². The fourth-order valence-electron chi connectivity index (χ4n) is 4.55. The van der Waals surface area contributed by atoms with Crippen molar-refractivity contribution in [3.8, 4) is 5.75 Å². The summed E-state index contributed by atoms with van der Waals surface area (Å²) >= 11 is 6.01. The normalized spacial score (nSPS) is 17.5. The molecule has 5 rings (SSSR count). The Morgan fingerprint density at radius 1 is 1.03 bits per heavy atom. The Bertz CT molecular complexity index is 1470. The summed E-state index contributed by atoms with van der Waals surface area (Å²) in [6, 6.07) is 20.3. The third-order valence-corrected chi connectivity index (χ3v) is 6.36. The molecule has 3 aromatic carbocycles. The number of hydrogen-bond donors (Lipinski definition) is 2. The average Bonchev–Trinajstić information content (AvgIpc) is 3.31. The number of methoxy groups -OCH3 is 1. The van der Waals surface area contributed by atoms with Crippen LogP contribution in [0.3, 0.4) is 0 Å². The second kappa shape index (κ2) is 8.39. The van der Waals surface area contributed by atoms with Crippen molar-refractivity contribution in [2.75, 3.05) is 12.0 Å². The molecule has 0 saturated carbocycles. The molecular weight excluding hydrogens is 452 g/mol. The number of carbonyl (C=O) groups is 2. The molecular formula is C27H21ClN2O4. The quantitative estimate of drug-likeness (QED) is 0.224. The number of benzene rings is 3. The maximum Gasteiger partial charge on any atom is 0.300 e. The molecule has 1 unspecified atom stereocenters. The van der Waals surface area contributed by atoms with Gasteiger partial charge in [-0.2, -0.15) is 0 Å². The van der Waals surface area contributed by atoms with Crippen LogP contribution in [-0.4, -0.2) is 28.9 Å². The number of H-pyrrole nitrogens is 1. The number of fused-ring (bicyclic) bond motifs is 1. The van der Waals surface area contributed by atoms with Crippen LogP contribution in [0.15, 0.2) is 78.4 Å². The zero-order valence-electron chi connectivity index (χ0n) is 18.5. The predicted molar refractivity (Wildman–Crippen MR) is 132 cm³/mol. The molecule has 2 N–H and O–H groups in total. The Labute approximate surface area is 201 Å². The number of aromatic nitrogens is 1. The zero-order chi connectivity index (χ0) is 24.0. The van der Waals surface area contributed by atoms with Crippen LogP contribution >= 0.6 is 11.6 Å². The number of amides is 1. The summed E-state index contributed by atoms with van der Waals surface area (Å²) in [5.74, 6) is -1.19. The number of aliphatic hydroxyl groups is 1. The lowest BCUT2D eigenvalue weighted by atomic mass is 9.93. The number of aryl methyl sites for hydroxylation is 1. The molecule has 1 amide bonds. The molecule has 1 aliphatic rings. The van der Waals surface area contributed by atoms with E-state index in [1.165, 1.54) is 12.0 Å². The molecule has 0 bridgehead atoms. The minimum atomic E-state index is -0.848. The molecule has 4 aromatic rings. The van der Waals surface area contributed by atoms with E-state index in [2.05, 4.69) is 4.98 Å². The summed E-state index contributed by atoms with van der Waals surface area (Å²) in [6.07, 6.45) is 0. The van der Waals surface area contributed by atoms with Gasteiger partial charge in [0.25, 0.3) is 11.7 Å². The summed E-state index contributed by atoms with van der Waals surface area (Å²) in [6.45, 7) is 1.89. The fourth-order valence-corrected chi connectivity index (χ4v) is 4.67. The van der Waals surface area contributed by atoms with Gasteiger partial charge in [-0.15, -0.1) is 0 Å². The number of aliphatic hydroxyl groups excluding tert-OH is 1. The van der Waals surface area contributed by atoms with Gasteiger partial charge in [-0.25, -0.2) is 0 Å². The van der Waals surface area contributed by atoms with Crippen LogP contribution in [0.5, 0.6) is 5.75 Å². The lowest BCUT2D eigenvalue weighted by Crippen LogP contribution is -2.29. The van der Waals surface area contributed by atoms with Gasteiger partial charge in [0.1, 0.15) is 11.5 Å². The number of halogens is 1. The van der Waals surface area contributed by atoms with Crippen molar-refractivity contribution in [1.82, 2.24) is 4.98 Å². The maximum atomic E-state index is 13.4. The van der Waals surface area contributed by atoms with Crippen molar-refractivity contribution in [2.24, 2.45) is 0 Å². The summed E-state index contributed by atoms with van der Waals surface area (Å²) in [5, 5.41) is 12.7. The SMILES string of the molecule is COc1cccc(N2C(=O)C(=O)/C(=C(/O)c3ccc(Cl)cc3)C2c2c(C)[nH]c3ccccc23)c1. The largest absolute Gasteiger partial charge is 0.507 e. The highest BCUT2D eigenvalue weighted by Crippen LogP contribution is 2.45. The third-order valence-electron chi connectivity index (χ3n) is 6.11. The maximum absolute atomic E-state index is 13.4. The van der Waals surface area contributed by atoms with E-state index >= 15 is 0 Å². The fraction of sp³-hybridized carbons (Fsp3) is 0.111. The van der Waals surface area contributed by atoms with Gasteiger partial charge in [0.15, 0.2) is 0 Å². The third kappa shape index (κ3) is 3.43. The van der Waals surface area contributed by atoms with E-state index < -0.39 is 17.7 Å². The van der Waals surface area contributed by atoms with Crippen molar-refractivity contribution >= 4 is 45.6 Å². The van der Waals surface area contributed by atoms with Crippen molar-refractivity contribution in [1.29, 1.82) is 0 Å². The molecule has 1 atom stereocenters. The summed E-state index contributed by atoms with van der Waals surface area (Å²) < 4.78 is 5.35. The Kier molecular flexibility index (Phi) is 5.38. The minimum absolute atomic E-state index is 0.0167. The molecule has 0 spiro atoms. The summed E-state index contributed by atoms with van der Waals surface area (Å²) in [7, 11) is 1.54. The standard InChI is InChI=1S/C27H21ClN2O4/c1-15-22(20-8-3-4-9-21(20)29-15)24-23(25(31)16-10-12-17(28)13-11-16)26(32)27(33)30(24)18-6-5-7-19(14-18)34-2/h3-14,24,29,31H,1-2H3/b25-23+. The molecule has 1 aliphatic heterocycles. The first-order valence-corrected chi connectivity index (χ1v) is 11.1. The molecule has 1 saturated heterocycles. The molecule has 2 heterocycles. The van der Waals surface area contributed by atoms with Gasteiger partial charge in [0.2, 0.25) is 0 Å². The van der Waals surface area contributed by atoms with E-state index in [0.717, 1.165) is 22.2 Å². The van der Waals surface area contributed by atoms with Crippen LogP contribution in [0.1, 0.15) is 22.9 Å². The number of nitrogens with one attached hydrogen (secondary N) is 1. The molecule has 0 radical (unpaired) electrons. The Morgan fingerprint density at radius 3 is 2.50 bits per heavy atom. The first kappa shape index (κ1) is 21.8. The van der Waals surface area contributed by atoms with Crippen LogP contribution in [0.2, 0.25) is 5.02 Å². The molecule has 6 nitrogen and oxygen atoms in total. The molecule has 7 heteroatoms. The van der Waals surface area contributed by atoms with Gasteiger partial charge in [-0.1, -0.05) is 35.9 Å². The zero-order valence-corrected chi connectivity index (χ0v) is 19.3. The van der Waals surface area contributed by atoms with E-state index in [1.54, 1.807) is 48.5 Å². The highest BCUT2D eigenvalue weighted by molar-refractivity contribution is 6.52. The van der Waals surface area contributed by atoms with E-state index in [0.29, 0.717) is 22.0 Å². The lowest BCUT2D eigenvalue weighted by molar-refractivity contribution is -0.132. The van der Waals surface area contributed by atoms with Crippen molar-refractivity contribution in [2.45, 2.75) is 13.0 Å². The summed E-state index contributed by atoms with van der Waals surface area (Å²) in [5.41, 5.74) is 3.32. The molecule has 1 fully saturated rings. The van der Waals surface area contributed by atoms with Crippen molar-refractivity contribution < 1.29 is 19.4 Å². The van der Waals surface area contributed by atoms with Gasteiger partial charge in [-0.3, -0.25) is 14.5 Å². The van der Waals surface area contributed by atoms with Crippen molar-refractivity contribution in [3.05, 3.63) is 100 Å². The first-order chi connectivity index (χ1) is 16.4. The highest BCUT2D eigenvalue weighted by atomic mass is 35.5. The van der Waals surface area contributed by atoms with Gasteiger partial charge >= 0.3 is 0 Å². The van der Waals surface area contributed by atoms with Gasteiger partial charge in [0.05, 0.1) is 18.7 Å².